The summed E-state index contributed by atoms with van der Waals surface area (Å²) in [6, 6.07) is 14.5. The quantitative estimate of drug-likeness (QED) is 0.702. The van der Waals surface area contributed by atoms with Crippen LogP contribution in [0.3, 0.4) is 0 Å². The average molecular weight is 344 g/mol. The SMILES string of the molecule is Fc1ccccc1Cn1ccc(NC(=S)Nc2ccccc2F)n1. The fraction of sp³-hybridized carbons (Fsp3) is 0.0588. The second-order valence-corrected chi connectivity index (χ2v) is 5.46. The number of aromatic nitrogens is 2. The lowest BCUT2D eigenvalue weighted by Crippen LogP contribution is -2.20. The highest BCUT2D eigenvalue weighted by molar-refractivity contribution is 7.80. The van der Waals surface area contributed by atoms with Crippen molar-refractivity contribution in [1.29, 1.82) is 0 Å². The molecular weight excluding hydrogens is 330 g/mol. The van der Waals surface area contributed by atoms with E-state index < -0.39 is 5.82 Å². The van der Waals surface area contributed by atoms with Crippen molar-refractivity contribution in [2.45, 2.75) is 6.54 Å². The minimum absolute atomic E-state index is 0.219. The highest BCUT2D eigenvalue weighted by Gasteiger charge is 2.07. The fourth-order valence-electron chi connectivity index (χ4n) is 2.15. The van der Waals surface area contributed by atoms with Crippen molar-refractivity contribution < 1.29 is 8.78 Å². The predicted octanol–water partition coefficient (Wildman–Crippen LogP) is 4.02. The van der Waals surface area contributed by atoms with Crippen LogP contribution in [0.4, 0.5) is 20.3 Å². The Balaban J connectivity index is 1.63. The van der Waals surface area contributed by atoms with Crippen molar-refractivity contribution in [2.75, 3.05) is 10.6 Å². The summed E-state index contributed by atoms with van der Waals surface area (Å²) in [5.41, 5.74) is 0.819. The monoisotopic (exact) mass is 344 g/mol. The van der Waals surface area contributed by atoms with Gasteiger partial charge in [0.25, 0.3) is 0 Å². The van der Waals surface area contributed by atoms with Crippen LogP contribution in [0.25, 0.3) is 0 Å². The van der Waals surface area contributed by atoms with Gasteiger partial charge < -0.3 is 10.6 Å². The Labute approximate surface area is 143 Å². The van der Waals surface area contributed by atoms with E-state index in [-0.39, 0.29) is 16.6 Å². The van der Waals surface area contributed by atoms with Gasteiger partial charge in [-0.15, -0.1) is 0 Å². The maximum absolute atomic E-state index is 13.6. The molecule has 0 saturated heterocycles. The number of para-hydroxylation sites is 1. The summed E-state index contributed by atoms with van der Waals surface area (Å²) in [4.78, 5) is 0. The molecule has 2 N–H and O–H groups in total. The molecule has 4 nitrogen and oxygen atoms in total. The molecular formula is C17H14F2N4S. The predicted molar refractivity (Wildman–Crippen MR) is 94.0 cm³/mol. The van der Waals surface area contributed by atoms with Crippen molar-refractivity contribution >= 4 is 28.8 Å². The Morgan fingerprint density at radius 1 is 0.958 bits per heavy atom. The van der Waals surface area contributed by atoms with E-state index >= 15 is 0 Å². The summed E-state index contributed by atoms with van der Waals surface area (Å²) < 4.78 is 28.8. The summed E-state index contributed by atoms with van der Waals surface area (Å²) in [5, 5.41) is 10.1. The molecule has 2 aromatic carbocycles. The van der Waals surface area contributed by atoms with E-state index in [9.17, 15) is 8.78 Å². The maximum Gasteiger partial charge on any atom is 0.176 e. The lowest BCUT2D eigenvalue weighted by Gasteiger charge is -2.09. The van der Waals surface area contributed by atoms with Crippen molar-refractivity contribution in [3.63, 3.8) is 0 Å². The standard InChI is InChI=1S/C17H14F2N4S/c18-13-6-2-1-5-12(13)11-23-10-9-16(22-23)21-17(24)20-15-8-4-3-7-14(15)19/h1-10H,11H2,(H2,20,21,22,24). The number of anilines is 2. The van der Waals surface area contributed by atoms with Crippen LogP contribution in [0.15, 0.2) is 60.8 Å². The Kier molecular flexibility index (Phi) is 4.81. The molecule has 7 heteroatoms. The molecule has 0 aliphatic carbocycles. The molecule has 0 bridgehead atoms. The Morgan fingerprint density at radius 2 is 1.67 bits per heavy atom. The zero-order valence-corrected chi connectivity index (χ0v) is 13.4. The summed E-state index contributed by atoms with van der Waals surface area (Å²) in [5.74, 6) is -0.189. The molecule has 122 valence electrons. The number of thiocarbonyl (C=S) groups is 1. The van der Waals surface area contributed by atoms with Crippen LogP contribution < -0.4 is 10.6 Å². The number of rotatable bonds is 4. The molecule has 0 aliphatic rings. The third-order valence-corrected chi connectivity index (χ3v) is 3.50. The minimum Gasteiger partial charge on any atom is -0.330 e. The van der Waals surface area contributed by atoms with Crippen LogP contribution in [0.2, 0.25) is 0 Å². The van der Waals surface area contributed by atoms with Gasteiger partial charge in [-0.05, 0) is 30.4 Å². The van der Waals surface area contributed by atoms with Crippen LogP contribution in [0, 0.1) is 11.6 Å². The van der Waals surface area contributed by atoms with Gasteiger partial charge in [0.05, 0.1) is 12.2 Å². The van der Waals surface area contributed by atoms with E-state index in [1.165, 1.54) is 12.1 Å². The zero-order chi connectivity index (χ0) is 16.9. The third kappa shape index (κ3) is 3.94. The highest BCUT2D eigenvalue weighted by Crippen LogP contribution is 2.14. The first-order valence-electron chi connectivity index (χ1n) is 7.21. The van der Waals surface area contributed by atoms with Crippen molar-refractivity contribution in [1.82, 2.24) is 9.78 Å². The molecule has 0 aliphatic heterocycles. The summed E-state index contributed by atoms with van der Waals surface area (Å²) in [7, 11) is 0. The molecule has 0 saturated carbocycles. The summed E-state index contributed by atoms with van der Waals surface area (Å²) in [6.07, 6.45) is 1.71. The molecule has 3 aromatic rings. The van der Waals surface area contributed by atoms with Crippen molar-refractivity contribution in [3.8, 4) is 0 Å². The first-order valence-corrected chi connectivity index (χ1v) is 7.62. The number of nitrogens with zero attached hydrogens (tertiary/aromatic N) is 2. The van der Waals surface area contributed by atoms with Gasteiger partial charge in [-0.2, -0.15) is 5.10 Å². The number of nitrogens with one attached hydrogen (secondary N) is 2. The van der Waals surface area contributed by atoms with E-state index in [1.54, 1.807) is 53.3 Å². The van der Waals surface area contributed by atoms with Gasteiger partial charge >= 0.3 is 0 Å². The van der Waals surface area contributed by atoms with E-state index in [0.717, 1.165) is 0 Å². The van der Waals surface area contributed by atoms with Gasteiger partial charge in [-0.3, -0.25) is 4.68 Å². The topological polar surface area (TPSA) is 41.9 Å². The van der Waals surface area contributed by atoms with Gasteiger partial charge in [0.15, 0.2) is 10.9 Å². The highest BCUT2D eigenvalue weighted by atomic mass is 32.1. The second-order valence-electron chi connectivity index (χ2n) is 5.05. The van der Waals surface area contributed by atoms with Gasteiger partial charge in [-0.1, -0.05) is 30.3 Å². The van der Waals surface area contributed by atoms with Gasteiger partial charge in [0.2, 0.25) is 0 Å². The average Bonchev–Trinajstić information content (AvgIpc) is 2.99. The van der Waals surface area contributed by atoms with Crippen LogP contribution in [-0.2, 0) is 6.54 Å². The number of benzene rings is 2. The lowest BCUT2D eigenvalue weighted by atomic mass is 10.2. The van der Waals surface area contributed by atoms with Crippen molar-refractivity contribution in [3.05, 3.63) is 78.0 Å². The molecule has 0 radical (unpaired) electrons. The van der Waals surface area contributed by atoms with E-state index in [0.29, 0.717) is 17.9 Å². The molecule has 0 atom stereocenters. The Hall–Kier alpha value is -2.80. The molecule has 24 heavy (non-hydrogen) atoms. The number of halogens is 2. The van der Waals surface area contributed by atoms with Gasteiger partial charge in [0.1, 0.15) is 11.6 Å². The van der Waals surface area contributed by atoms with Gasteiger partial charge in [-0.25, -0.2) is 8.78 Å². The van der Waals surface area contributed by atoms with E-state index in [1.807, 2.05) is 0 Å². The van der Waals surface area contributed by atoms with E-state index in [2.05, 4.69) is 15.7 Å². The van der Waals surface area contributed by atoms with Crippen LogP contribution >= 0.6 is 12.2 Å². The second kappa shape index (κ2) is 7.18. The van der Waals surface area contributed by atoms with Gasteiger partial charge in [0, 0.05) is 17.8 Å². The molecule has 0 fully saturated rings. The minimum atomic E-state index is -0.397. The zero-order valence-electron chi connectivity index (χ0n) is 12.5. The maximum atomic E-state index is 13.6. The Bertz CT molecular complexity index is 863. The number of hydrogen-bond acceptors (Lipinski definition) is 2. The Morgan fingerprint density at radius 3 is 2.42 bits per heavy atom. The largest absolute Gasteiger partial charge is 0.330 e. The first-order chi connectivity index (χ1) is 11.6. The van der Waals surface area contributed by atoms with Crippen molar-refractivity contribution in [2.24, 2.45) is 0 Å². The molecule has 3 rings (SSSR count). The normalized spacial score (nSPS) is 10.4. The molecule has 0 amide bonds. The van der Waals surface area contributed by atoms with E-state index in [4.69, 9.17) is 12.2 Å². The first kappa shape index (κ1) is 16.1. The summed E-state index contributed by atoms with van der Waals surface area (Å²) in [6.45, 7) is 0.307. The fourth-order valence-corrected chi connectivity index (χ4v) is 2.36. The number of hydrogen-bond donors (Lipinski definition) is 2. The molecule has 1 heterocycles. The molecule has 0 unspecified atom stereocenters. The lowest BCUT2D eigenvalue weighted by molar-refractivity contribution is 0.586. The molecule has 0 spiro atoms. The van der Waals surface area contributed by atoms with Crippen LogP contribution in [0.1, 0.15) is 5.56 Å². The van der Waals surface area contributed by atoms with Crippen LogP contribution in [-0.4, -0.2) is 14.9 Å². The molecule has 1 aromatic heterocycles. The van der Waals surface area contributed by atoms with Crippen LogP contribution in [0.5, 0.6) is 0 Å². The third-order valence-electron chi connectivity index (χ3n) is 3.29. The summed E-state index contributed by atoms with van der Waals surface area (Å²) >= 11 is 5.14. The smallest absolute Gasteiger partial charge is 0.176 e.